The summed E-state index contributed by atoms with van der Waals surface area (Å²) in [6, 6.07) is 13.3. The molecule has 0 saturated carbocycles. The molecule has 0 radical (unpaired) electrons. The molecule has 0 aliphatic carbocycles. The molecular weight excluding hydrogens is 356 g/mol. The number of fused-ring (bicyclic) bond motifs is 1. The van der Waals surface area contributed by atoms with Gasteiger partial charge in [0.2, 0.25) is 11.8 Å². The van der Waals surface area contributed by atoms with E-state index in [2.05, 4.69) is 33.2 Å². The third-order valence-electron chi connectivity index (χ3n) is 3.50. The predicted octanol–water partition coefficient (Wildman–Crippen LogP) is 5.39. The van der Waals surface area contributed by atoms with Crippen LogP contribution in [0.15, 0.2) is 51.4 Å². The zero-order valence-corrected chi connectivity index (χ0v) is 14.4. The summed E-state index contributed by atoms with van der Waals surface area (Å²) in [5.41, 5.74) is 3.08. The van der Waals surface area contributed by atoms with E-state index in [1.54, 1.807) is 0 Å². The van der Waals surface area contributed by atoms with Crippen LogP contribution in [-0.4, -0.2) is 10.9 Å². The van der Waals surface area contributed by atoms with Gasteiger partial charge in [-0.1, -0.05) is 35.3 Å². The molecule has 0 bridgehead atoms. The molecule has 1 N–H and O–H groups in total. The lowest BCUT2D eigenvalue weighted by molar-refractivity contribution is -0.116. The van der Waals surface area contributed by atoms with Gasteiger partial charge in [0.15, 0.2) is 5.58 Å². The van der Waals surface area contributed by atoms with Crippen LogP contribution in [-0.2, 0) is 4.79 Å². The Morgan fingerprint density at radius 1 is 1.26 bits per heavy atom. The summed E-state index contributed by atoms with van der Waals surface area (Å²) in [6.45, 7) is 2.07. The fraction of sp³-hybridized carbons (Fsp3) is 0.222. The van der Waals surface area contributed by atoms with E-state index in [9.17, 15) is 4.79 Å². The zero-order valence-electron chi connectivity index (χ0n) is 12.8. The number of nitrogens with one attached hydrogen (secondary N) is 1. The molecule has 3 rings (SSSR count). The highest BCUT2D eigenvalue weighted by atomic mass is 79.9. The van der Waals surface area contributed by atoms with Crippen molar-refractivity contribution in [3.8, 4) is 11.5 Å². The largest absolute Gasteiger partial charge is 0.436 e. The van der Waals surface area contributed by atoms with Gasteiger partial charge in [0.25, 0.3) is 0 Å². The number of amides is 1. The van der Waals surface area contributed by atoms with E-state index in [4.69, 9.17) is 4.42 Å². The summed E-state index contributed by atoms with van der Waals surface area (Å²) < 4.78 is 6.76. The average molecular weight is 373 g/mol. The Kier molecular flexibility index (Phi) is 4.76. The van der Waals surface area contributed by atoms with Gasteiger partial charge >= 0.3 is 0 Å². The first-order valence-corrected chi connectivity index (χ1v) is 8.41. The van der Waals surface area contributed by atoms with E-state index in [1.807, 2.05) is 42.5 Å². The standard InChI is InChI=1S/C18H17BrN2O2/c1-2-3-7-17(22)20-14-8-9-16-15(11-14)21-18(23-16)12-5-4-6-13(19)10-12/h4-6,8-11H,2-3,7H2,1H3,(H,20,22). The van der Waals surface area contributed by atoms with Crippen molar-refractivity contribution in [3.63, 3.8) is 0 Å². The molecule has 1 amide bonds. The van der Waals surface area contributed by atoms with Gasteiger partial charge in [-0.2, -0.15) is 0 Å². The molecule has 23 heavy (non-hydrogen) atoms. The van der Waals surface area contributed by atoms with Crippen molar-refractivity contribution in [1.29, 1.82) is 0 Å². The second-order valence-corrected chi connectivity index (χ2v) is 6.28. The van der Waals surface area contributed by atoms with Crippen LogP contribution in [0.2, 0.25) is 0 Å². The predicted molar refractivity (Wildman–Crippen MR) is 95.3 cm³/mol. The first-order chi connectivity index (χ1) is 11.2. The minimum Gasteiger partial charge on any atom is -0.436 e. The van der Waals surface area contributed by atoms with E-state index >= 15 is 0 Å². The number of benzene rings is 2. The zero-order chi connectivity index (χ0) is 16.2. The molecule has 2 aromatic carbocycles. The molecule has 0 spiro atoms. The number of anilines is 1. The minimum atomic E-state index is 0.0295. The number of unbranched alkanes of at least 4 members (excludes halogenated alkanes) is 1. The monoisotopic (exact) mass is 372 g/mol. The lowest BCUT2D eigenvalue weighted by atomic mass is 10.2. The summed E-state index contributed by atoms with van der Waals surface area (Å²) in [4.78, 5) is 16.3. The Hall–Kier alpha value is -2.14. The van der Waals surface area contributed by atoms with Gasteiger partial charge in [-0.3, -0.25) is 4.79 Å². The number of halogens is 1. The number of carbonyl (C=O) groups is 1. The maximum Gasteiger partial charge on any atom is 0.227 e. The first-order valence-electron chi connectivity index (χ1n) is 7.62. The van der Waals surface area contributed by atoms with Crippen LogP contribution in [0.5, 0.6) is 0 Å². The summed E-state index contributed by atoms with van der Waals surface area (Å²) in [5, 5.41) is 2.90. The van der Waals surface area contributed by atoms with Gasteiger partial charge in [0.1, 0.15) is 5.52 Å². The molecular formula is C18H17BrN2O2. The topological polar surface area (TPSA) is 55.1 Å². The Balaban J connectivity index is 1.85. The van der Waals surface area contributed by atoms with Crippen molar-refractivity contribution >= 4 is 38.6 Å². The Morgan fingerprint density at radius 2 is 2.13 bits per heavy atom. The van der Waals surface area contributed by atoms with Crippen molar-refractivity contribution in [1.82, 2.24) is 4.98 Å². The molecule has 0 unspecified atom stereocenters. The van der Waals surface area contributed by atoms with E-state index in [0.29, 0.717) is 17.9 Å². The lowest BCUT2D eigenvalue weighted by Crippen LogP contribution is -2.10. The van der Waals surface area contributed by atoms with Gasteiger partial charge < -0.3 is 9.73 Å². The lowest BCUT2D eigenvalue weighted by Gasteiger charge is -2.03. The number of hydrogen-bond donors (Lipinski definition) is 1. The van der Waals surface area contributed by atoms with Crippen LogP contribution in [0.25, 0.3) is 22.6 Å². The normalized spacial score (nSPS) is 10.9. The molecule has 1 heterocycles. The van der Waals surface area contributed by atoms with Crippen molar-refractivity contribution in [2.75, 3.05) is 5.32 Å². The molecule has 0 aliphatic heterocycles. The number of rotatable bonds is 5. The molecule has 1 aromatic heterocycles. The van der Waals surface area contributed by atoms with Crippen molar-refractivity contribution in [2.45, 2.75) is 26.2 Å². The van der Waals surface area contributed by atoms with Crippen LogP contribution < -0.4 is 5.32 Å². The molecule has 0 saturated heterocycles. The summed E-state index contributed by atoms with van der Waals surface area (Å²) in [6.07, 6.45) is 2.44. The molecule has 0 aliphatic rings. The highest BCUT2D eigenvalue weighted by molar-refractivity contribution is 9.10. The fourth-order valence-electron chi connectivity index (χ4n) is 2.31. The minimum absolute atomic E-state index is 0.0295. The molecule has 0 atom stereocenters. The van der Waals surface area contributed by atoms with E-state index in [0.717, 1.165) is 34.1 Å². The summed E-state index contributed by atoms with van der Waals surface area (Å²) >= 11 is 3.45. The maximum atomic E-state index is 11.8. The van der Waals surface area contributed by atoms with Crippen LogP contribution >= 0.6 is 15.9 Å². The third kappa shape index (κ3) is 3.79. The number of nitrogens with zero attached hydrogens (tertiary/aromatic N) is 1. The molecule has 4 nitrogen and oxygen atoms in total. The molecule has 118 valence electrons. The van der Waals surface area contributed by atoms with Crippen LogP contribution in [0, 0.1) is 0 Å². The number of aromatic nitrogens is 1. The third-order valence-corrected chi connectivity index (χ3v) is 3.99. The summed E-state index contributed by atoms with van der Waals surface area (Å²) in [5.74, 6) is 0.595. The van der Waals surface area contributed by atoms with Crippen LogP contribution in [0.4, 0.5) is 5.69 Å². The second kappa shape index (κ2) is 6.96. The van der Waals surface area contributed by atoms with E-state index in [-0.39, 0.29) is 5.91 Å². The molecule has 5 heteroatoms. The van der Waals surface area contributed by atoms with Gasteiger partial charge in [-0.15, -0.1) is 0 Å². The maximum absolute atomic E-state index is 11.8. The summed E-state index contributed by atoms with van der Waals surface area (Å²) in [7, 11) is 0. The SMILES string of the molecule is CCCCC(=O)Nc1ccc2oc(-c3cccc(Br)c3)nc2c1. The van der Waals surface area contributed by atoms with Crippen LogP contribution in [0.3, 0.4) is 0 Å². The Bertz CT molecular complexity index is 842. The second-order valence-electron chi connectivity index (χ2n) is 5.36. The van der Waals surface area contributed by atoms with Gasteiger partial charge in [0, 0.05) is 22.1 Å². The highest BCUT2D eigenvalue weighted by Gasteiger charge is 2.10. The Morgan fingerprint density at radius 3 is 2.91 bits per heavy atom. The van der Waals surface area contributed by atoms with Gasteiger partial charge in [-0.25, -0.2) is 4.98 Å². The van der Waals surface area contributed by atoms with Gasteiger partial charge in [-0.05, 0) is 42.8 Å². The number of hydrogen-bond acceptors (Lipinski definition) is 3. The van der Waals surface area contributed by atoms with Crippen molar-refractivity contribution < 1.29 is 9.21 Å². The van der Waals surface area contributed by atoms with E-state index < -0.39 is 0 Å². The molecule has 0 fully saturated rings. The Labute approximate surface area is 143 Å². The smallest absolute Gasteiger partial charge is 0.227 e. The average Bonchev–Trinajstić information content (AvgIpc) is 2.96. The van der Waals surface area contributed by atoms with E-state index in [1.165, 1.54) is 0 Å². The quantitative estimate of drug-likeness (QED) is 0.653. The van der Waals surface area contributed by atoms with Gasteiger partial charge in [0.05, 0.1) is 0 Å². The van der Waals surface area contributed by atoms with Crippen LogP contribution in [0.1, 0.15) is 26.2 Å². The first kappa shape index (κ1) is 15.7. The molecule has 3 aromatic rings. The number of carbonyl (C=O) groups excluding carboxylic acids is 1. The highest BCUT2D eigenvalue weighted by Crippen LogP contribution is 2.27. The number of oxazole rings is 1. The fourth-order valence-corrected chi connectivity index (χ4v) is 2.71. The van der Waals surface area contributed by atoms with Crippen molar-refractivity contribution in [3.05, 3.63) is 46.9 Å². The van der Waals surface area contributed by atoms with Crippen molar-refractivity contribution in [2.24, 2.45) is 0 Å².